The first-order chi connectivity index (χ1) is 11.3. The van der Waals surface area contributed by atoms with Crippen molar-refractivity contribution >= 4 is 5.91 Å². The first-order valence-corrected chi connectivity index (χ1v) is 8.48. The van der Waals surface area contributed by atoms with E-state index in [1.165, 1.54) is 6.07 Å². The molecule has 1 spiro atoms. The van der Waals surface area contributed by atoms with Gasteiger partial charge >= 0.3 is 6.18 Å². The third-order valence-corrected chi connectivity index (χ3v) is 5.44. The molecular formula is C18H22F3NO2. The van der Waals surface area contributed by atoms with E-state index in [9.17, 15) is 23.1 Å². The number of carbonyl (C=O) groups excluding carboxylic acids is 1. The van der Waals surface area contributed by atoms with E-state index in [0.717, 1.165) is 37.8 Å². The maximum atomic E-state index is 12.8. The van der Waals surface area contributed by atoms with E-state index in [1.54, 1.807) is 11.0 Å². The standard InChI is InChI=1S/C18H22F3NO2/c19-18(20,21)14-5-3-4-13(12-14)6-7-16(24)22-11-8-15(23)17(22)9-1-2-10-17/h3-5,12,15,23H,1-2,6-11H2. The Balaban J connectivity index is 1.66. The molecule has 6 heteroatoms. The molecular weight excluding hydrogens is 319 g/mol. The molecule has 0 aromatic heterocycles. The van der Waals surface area contributed by atoms with Crippen LogP contribution in [-0.4, -0.2) is 34.1 Å². The minimum Gasteiger partial charge on any atom is -0.391 e. The first-order valence-electron chi connectivity index (χ1n) is 8.48. The van der Waals surface area contributed by atoms with E-state index < -0.39 is 23.4 Å². The molecule has 3 nitrogen and oxygen atoms in total. The van der Waals surface area contributed by atoms with E-state index in [4.69, 9.17) is 0 Å². The first kappa shape index (κ1) is 17.3. The second-order valence-corrected chi connectivity index (χ2v) is 6.86. The molecule has 1 aromatic rings. The molecule has 2 fully saturated rings. The van der Waals surface area contributed by atoms with Gasteiger partial charge in [0.05, 0.1) is 17.2 Å². The lowest BCUT2D eigenvalue weighted by molar-refractivity contribution is -0.137. The Morgan fingerprint density at radius 1 is 1.29 bits per heavy atom. The summed E-state index contributed by atoms with van der Waals surface area (Å²) in [4.78, 5) is 14.4. The molecule has 1 unspecified atom stereocenters. The van der Waals surface area contributed by atoms with Crippen LogP contribution in [0.5, 0.6) is 0 Å². The number of aliphatic hydroxyl groups excluding tert-OH is 1. The van der Waals surface area contributed by atoms with Crippen LogP contribution in [0, 0.1) is 0 Å². The van der Waals surface area contributed by atoms with Crippen LogP contribution < -0.4 is 0 Å². The van der Waals surface area contributed by atoms with Crippen molar-refractivity contribution in [1.29, 1.82) is 0 Å². The van der Waals surface area contributed by atoms with Gasteiger partial charge in [0.1, 0.15) is 0 Å². The summed E-state index contributed by atoms with van der Waals surface area (Å²) in [6.45, 7) is 0.544. The largest absolute Gasteiger partial charge is 0.416 e. The zero-order valence-corrected chi connectivity index (χ0v) is 13.5. The number of benzene rings is 1. The predicted molar refractivity (Wildman–Crippen MR) is 83.3 cm³/mol. The zero-order chi connectivity index (χ0) is 17.4. The maximum Gasteiger partial charge on any atom is 0.416 e. The van der Waals surface area contributed by atoms with E-state index in [2.05, 4.69) is 0 Å². The zero-order valence-electron chi connectivity index (χ0n) is 13.5. The molecule has 1 heterocycles. The van der Waals surface area contributed by atoms with Crippen LogP contribution in [0.25, 0.3) is 0 Å². The number of hydrogen-bond donors (Lipinski definition) is 1. The highest BCUT2D eigenvalue weighted by atomic mass is 19.4. The lowest BCUT2D eigenvalue weighted by Gasteiger charge is -2.37. The number of aryl methyl sites for hydroxylation is 1. The normalized spacial score (nSPS) is 23.2. The summed E-state index contributed by atoms with van der Waals surface area (Å²) >= 11 is 0. The summed E-state index contributed by atoms with van der Waals surface area (Å²) in [5, 5.41) is 10.3. The Labute approximate surface area is 139 Å². The molecule has 1 N–H and O–H groups in total. The Hall–Kier alpha value is -1.56. The third kappa shape index (κ3) is 3.16. The van der Waals surface area contributed by atoms with Crippen LogP contribution in [-0.2, 0) is 17.4 Å². The molecule has 1 saturated heterocycles. The van der Waals surface area contributed by atoms with Crippen LogP contribution >= 0.6 is 0 Å². The highest BCUT2D eigenvalue weighted by molar-refractivity contribution is 5.78. The molecule has 0 bridgehead atoms. The Bertz CT molecular complexity index is 609. The van der Waals surface area contributed by atoms with Crippen LogP contribution in [0.2, 0.25) is 0 Å². The van der Waals surface area contributed by atoms with Gasteiger partial charge in [-0.1, -0.05) is 31.0 Å². The lowest BCUT2D eigenvalue weighted by Crippen LogP contribution is -2.50. The van der Waals surface area contributed by atoms with Crippen molar-refractivity contribution in [3.8, 4) is 0 Å². The van der Waals surface area contributed by atoms with Crippen molar-refractivity contribution in [2.45, 2.75) is 62.8 Å². The third-order valence-electron chi connectivity index (χ3n) is 5.44. The molecule has 1 amide bonds. The van der Waals surface area contributed by atoms with Crippen LogP contribution in [0.1, 0.15) is 49.7 Å². The van der Waals surface area contributed by atoms with Crippen molar-refractivity contribution in [3.05, 3.63) is 35.4 Å². The smallest absolute Gasteiger partial charge is 0.391 e. The van der Waals surface area contributed by atoms with Gasteiger partial charge in [-0.3, -0.25) is 4.79 Å². The fourth-order valence-corrected chi connectivity index (χ4v) is 4.18. The molecule has 1 aliphatic heterocycles. The average molecular weight is 341 g/mol. The highest BCUT2D eigenvalue weighted by Gasteiger charge is 2.51. The SMILES string of the molecule is O=C(CCc1cccc(C(F)(F)F)c1)N1CCC(O)C12CCCC2. The van der Waals surface area contributed by atoms with Crippen molar-refractivity contribution in [2.75, 3.05) is 6.54 Å². The van der Waals surface area contributed by atoms with Gasteiger partial charge in [0.15, 0.2) is 0 Å². The summed E-state index contributed by atoms with van der Waals surface area (Å²) in [5.74, 6) is -0.0640. The lowest BCUT2D eigenvalue weighted by atomic mass is 9.91. The predicted octanol–water partition coefficient (Wildman–Crippen LogP) is 3.54. The molecule has 1 atom stereocenters. The number of hydrogen-bond acceptors (Lipinski definition) is 2. The number of nitrogens with zero attached hydrogens (tertiary/aromatic N) is 1. The van der Waals surface area contributed by atoms with Gasteiger partial charge in [0.25, 0.3) is 0 Å². The van der Waals surface area contributed by atoms with E-state index in [1.807, 2.05) is 0 Å². The molecule has 1 aromatic carbocycles. The molecule has 2 aliphatic rings. The molecule has 3 rings (SSSR count). The van der Waals surface area contributed by atoms with Crippen molar-refractivity contribution in [3.63, 3.8) is 0 Å². The Morgan fingerprint density at radius 2 is 2.00 bits per heavy atom. The van der Waals surface area contributed by atoms with Crippen molar-refractivity contribution in [1.82, 2.24) is 4.90 Å². The molecule has 132 valence electrons. The quantitative estimate of drug-likeness (QED) is 0.913. The van der Waals surface area contributed by atoms with Gasteiger partial charge in [-0.2, -0.15) is 13.2 Å². The number of halogens is 3. The van der Waals surface area contributed by atoms with Crippen molar-refractivity contribution in [2.24, 2.45) is 0 Å². The van der Waals surface area contributed by atoms with Gasteiger partial charge in [-0.25, -0.2) is 0 Å². The van der Waals surface area contributed by atoms with Gasteiger partial charge in [-0.05, 0) is 37.3 Å². The minimum atomic E-state index is -4.37. The molecule has 1 aliphatic carbocycles. The molecule has 0 radical (unpaired) electrons. The van der Waals surface area contributed by atoms with Gasteiger partial charge in [-0.15, -0.1) is 0 Å². The monoisotopic (exact) mass is 341 g/mol. The fraction of sp³-hybridized carbons (Fsp3) is 0.611. The van der Waals surface area contributed by atoms with Crippen molar-refractivity contribution < 1.29 is 23.1 Å². The van der Waals surface area contributed by atoms with E-state index in [-0.39, 0.29) is 18.7 Å². The highest BCUT2D eigenvalue weighted by Crippen LogP contribution is 2.43. The van der Waals surface area contributed by atoms with Crippen LogP contribution in [0.4, 0.5) is 13.2 Å². The minimum absolute atomic E-state index is 0.0640. The second kappa shape index (κ2) is 6.39. The summed E-state index contributed by atoms with van der Waals surface area (Å²) in [7, 11) is 0. The van der Waals surface area contributed by atoms with E-state index >= 15 is 0 Å². The number of amides is 1. The van der Waals surface area contributed by atoms with Gasteiger partial charge < -0.3 is 10.0 Å². The van der Waals surface area contributed by atoms with Crippen LogP contribution in [0.3, 0.4) is 0 Å². The maximum absolute atomic E-state index is 12.8. The summed E-state index contributed by atoms with van der Waals surface area (Å²) < 4.78 is 38.3. The topological polar surface area (TPSA) is 40.5 Å². The molecule has 1 saturated carbocycles. The number of alkyl halides is 3. The fourth-order valence-electron chi connectivity index (χ4n) is 4.18. The van der Waals surface area contributed by atoms with E-state index in [0.29, 0.717) is 18.5 Å². The van der Waals surface area contributed by atoms with Gasteiger partial charge in [0, 0.05) is 13.0 Å². The molecule has 24 heavy (non-hydrogen) atoms. The average Bonchev–Trinajstić information content (AvgIpc) is 3.14. The second-order valence-electron chi connectivity index (χ2n) is 6.86. The van der Waals surface area contributed by atoms with Crippen LogP contribution in [0.15, 0.2) is 24.3 Å². The number of rotatable bonds is 3. The Kier molecular flexibility index (Phi) is 4.60. The van der Waals surface area contributed by atoms with Gasteiger partial charge in [0.2, 0.25) is 5.91 Å². The number of carbonyl (C=O) groups is 1. The summed E-state index contributed by atoms with van der Waals surface area (Å²) in [6, 6.07) is 5.14. The summed E-state index contributed by atoms with van der Waals surface area (Å²) in [6.07, 6.45) is -0.128. The number of aliphatic hydroxyl groups is 1. The summed E-state index contributed by atoms with van der Waals surface area (Å²) in [5.41, 5.74) is -0.597. The Morgan fingerprint density at radius 3 is 2.67 bits per heavy atom. The number of likely N-dealkylation sites (tertiary alicyclic amines) is 1.